The van der Waals surface area contributed by atoms with Gasteiger partial charge in [-0.05, 0) is 180 Å². The summed E-state index contributed by atoms with van der Waals surface area (Å²) in [4.78, 5) is 62.5. The molecule has 0 bridgehead atoms. The zero-order valence-electron chi connectivity index (χ0n) is 56.0. The maximum Gasteiger partial charge on any atom is 0.159 e. The van der Waals surface area contributed by atoms with Crippen molar-refractivity contribution in [2.45, 2.75) is 6.42 Å². The molecule has 0 aliphatic carbocycles. The van der Waals surface area contributed by atoms with Crippen molar-refractivity contribution in [3.8, 4) is 114 Å². The van der Waals surface area contributed by atoms with E-state index in [4.69, 9.17) is 48.9 Å². The number of para-hydroxylation sites is 14. The van der Waals surface area contributed by atoms with Crippen LogP contribution in [0, 0.1) is 0 Å². The summed E-state index contributed by atoms with van der Waals surface area (Å²) in [6.07, 6.45) is 22.2. The fourth-order valence-electron chi connectivity index (χ4n) is 12.9. The lowest BCUT2D eigenvalue weighted by Gasteiger charge is -2.32. The van der Waals surface area contributed by atoms with E-state index in [1.807, 2.05) is 243 Å². The van der Waals surface area contributed by atoms with E-state index < -0.39 is 0 Å². The Labute approximate surface area is 638 Å². The fourth-order valence-corrected chi connectivity index (χ4v) is 13.6. The molecule has 6 aromatic heterocycles. The van der Waals surface area contributed by atoms with Crippen LogP contribution >= 0.6 is 47.8 Å². The van der Waals surface area contributed by atoms with Crippen LogP contribution in [0.5, 0.6) is 46.0 Å². The Morgan fingerprint density at radius 3 is 0.617 bits per heavy atom. The standard InChI is InChI=1S/C54H33N9O3.C18H9Br3N6.C13H10O/c1-7-19-46-40(13-1)61(41-14-2-8-20-47(41)64-46)37-28-55-52(56-29-37)34-25-35(53-57-30-38(31-58-53)62-42-15-3-9-21-48(42)65-49-22-10-4-16-43(49)62)27-36(26-34)54-59-32-39(33-60-54)63-44-17-5-11-23-50(44)66-51-24-12-6-18-45(51)63;19-13-4-22-16(23-5-13)10-1-11(17-24-6-14(20)7-25-17)3-12(2-10)18-26-8-15(21)9-27-18;1-3-7-12-10(5-1)9-11-6-2-4-8-13(11)14-12/h1-33H;1-9H;1-8H,9H2. The van der Waals surface area contributed by atoms with E-state index in [2.05, 4.69) is 117 Å². The van der Waals surface area contributed by atoms with Gasteiger partial charge >= 0.3 is 0 Å². The first kappa shape index (κ1) is 65.7. The van der Waals surface area contributed by atoms with Crippen LogP contribution in [0.2, 0.25) is 0 Å². The van der Waals surface area contributed by atoms with Crippen molar-refractivity contribution in [1.82, 2.24) is 59.8 Å². The number of anilines is 9. The molecular weight excluding hydrogens is 1530 g/mol. The quantitative estimate of drug-likeness (QED) is 0.132. The molecule has 0 saturated carbocycles. The highest BCUT2D eigenvalue weighted by molar-refractivity contribution is 9.11. The first-order valence-corrected chi connectivity index (χ1v) is 36.1. The topological polar surface area (TPSA) is 201 Å². The zero-order valence-corrected chi connectivity index (χ0v) is 60.8. The number of halogens is 3. The number of nitrogens with zero attached hydrogens (tertiary/aromatic N) is 15. The molecule has 22 heteroatoms. The Kier molecular flexibility index (Phi) is 17.7. The van der Waals surface area contributed by atoms with Crippen molar-refractivity contribution in [3.63, 3.8) is 0 Å². The van der Waals surface area contributed by atoms with E-state index in [1.54, 1.807) is 37.2 Å². The van der Waals surface area contributed by atoms with E-state index in [0.717, 1.165) is 150 Å². The Hall–Kier alpha value is -13.3. The summed E-state index contributed by atoms with van der Waals surface area (Å²) >= 11 is 10.1. The van der Waals surface area contributed by atoms with Gasteiger partial charge in [0, 0.05) is 77.0 Å². The van der Waals surface area contributed by atoms with Crippen molar-refractivity contribution in [3.05, 3.63) is 329 Å². The third-order valence-electron chi connectivity index (χ3n) is 17.8. The summed E-state index contributed by atoms with van der Waals surface area (Å²) in [6, 6.07) is 75.9. The lowest BCUT2D eigenvalue weighted by atomic mass is 10.0. The second-order valence-electron chi connectivity index (χ2n) is 24.7. The van der Waals surface area contributed by atoms with Crippen LogP contribution in [-0.4, -0.2) is 59.8 Å². The third-order valence-corrected chi connectivity index (χ3v) is 19.0. The summed E-state index contributed by atoms with van der Waals surface area (Å²) in [5.74, 6) is 9.78. The maximum absolute atomic E-state index is 6.26. The predicted molar refractivity (Wildman–Crippen MR) is 422 cm³/mol. The minimum absolute atomic E-state index is 0.507. The van der Waals surface area contributed by atoms with Gasteiger partial charge < -0.3 is 33.6 Å². The van der Waals surface area contributed by atoms with Crippen molar-refractivity contribution < 1.29 is 18.9 Å². The van der Waals surface area contributed by atoms with Gasteiger partial charge in [-0.2, -0.15) is 0 Å². The summed E-state index contributed by atoms with van der Waals surface area (Å²) in [6.45, 7) is 0. The molecule has 107 heavy (non-hydrogen) atoms. The molecule has 10 aromatic carbocycles. The van der Waals surface area contributed by atoms with Crippen LogP contribution in [0.15, 0.2) is 318 Å². The lowest BCUT2D eigenvalue weighted by Crippen LogP contribution is -2.16. The van der Waals surface area contributed by atoms with Crippen molar-refractivity contribution in [1.29, 1.82) is 0 Å². The largest absolute Gasteiger partial charge is 0.457 e. The summed E-state index contributed by atoms with van der Waals surface area (Å²) < 4.78 is 27.0. The van der Waals surface area contributed by atoms with E-state index in [0.29, 0.717) is 34.9 Å². The number of aromatic nitrogens is 12. The first-order chi connectivity index (χ1) is 52.7. The fraction of sp³-hybridized carbons (Fsp3) is 0.0118. The molecular formula is C85H52Br3N15O4. The van der Waals surface area contributed by atoms with Crippen LogP contribution in [-0.2, 0) is 6.42 Å². The summed E-state index contributed by atoms with van der Waals surface area (Å²) in [7, 11) is 0. The Bertz CT molecular complexity index is 5260. The van der Waals surface area contributed by atoms with Gasteiger partial charge in [-0.25, -0.2) is 59.8 Å². The molecule has 0 saturated heterocycles. The molecule has 4 aliphatic rings. The van der Waals surface area contributed by atoms with Crippen molar-refractivity contribution in [2.75, 3.05) is 14.7 Å². The van der Waals surface area contributed by atoms with Gasteiger partial charge in [-0.1, -0.05) is 109 Å². The van der Waals surface area contributed by atoms with E-state index in [1.165, 1.54) is 11.1 Å². The van der Waals surface area contributed by atoms with Gasteiger partial charge in [0.05, 0.1) is 102 Å². The van der Waals surface area contributed by atoms with Crippen LogP contribution in [0.25, 0.3) is 68.3 Å². The van der Waals surface area contributed by atoms with E-state index >= 15 is 0 Å². The molecule has 10 heterocycles. The maximum atomic E-state index is 6.26. The molecule has 0 unspecified atom stereocenters. The molecule has 0 spiro atoms. The molecule has 0 amide bonds. The van der Waals surface area contributed by atoms with Gasteiger partial charge in [-0.3, -0.25) is 0 Å². The molecule has 19 nitrogen and oxygen atoms in total. The molecule has 0 fully saturated rings. The molecule has 20 rings (SSSR count). The molecule has 4 aliphatic heterocycles. The third kappa shape index (κ3) is 13.4. The number of hydrogen-bond donors (Lipinski definition) is 0. The molecule has 0 N–H and O–H groups in total. The second-order valence-corrected chi connectivity index (χ2v) is 27.4. The highest BCUT2D eigenvalue weighted by Gasteiger charge is 2.30. The van der Waals surface area contributed by atoms with Gasteiger partial charge in [0.25, 0.3) is 0 Å². The van der Waals surface area contributed by atoms with Gasteiger partial charge in [0.2, 0.25) is 0 Å². The van der Waals surface area contributed by atoms with Gasteiger partial charge in [-0.15, -0.1) is 0 Å². The number of fused-ring (bicyclic) bond motifs is 8. The highest BCUT2D eigenvalue weighted by Crippen LogP contribution is 2.53. The average Bonchev–Trinajstić information content (AvgIpc) is 0.768. The van der Waals surface area contributed by atoms with Gasteiger partial charge in [0.1, 0.15) is 11.5 Å². The number of rotatable bonds is 9. The number of hydrogen-bond acceptors (Lipinski definition) is 19. The predicted octanol–water partition coefficient (Wildman–Crippen LogP) is 22.5. The highest BCUT2D eigenvalue weighted by atomic mass is 79.9. The number of ether oxygens (including phenoxy) is 4. The van der Waals surface area contributed by atoms with E-state index in [-0.39, 0.29) is 0 Å². The minimum Gasteiger partial charge on any atom is -0.457 e. The summed E-state index contributed by atoms with van der Waals surface area (Å²) in [5.41, 5.74) is 15.0. The van der Waals surface area contributed by atoms with Crippen LogP contribution in [0.1, 0.15) is 11.1 Å². The van der Waals surface area contributed by atoms with Gasteiger partial charge in [0.15, 0.2) is 69.4 Å². The monoisotopic (exact) mass is 1580 g/mol. The average molecular weight is 1590 g/mol. The minimum atomic E-state index is 0.507. The smallest absolute Gasteiger partial charge is 0.159 e. The van der Waals surface area contributed by atoms with Crippen LogP contribution < -0.4 is 33.6 Å². The van der Waals surface area contributed by atoms with Crippen LogP contribution in [0.4, 0.5) is 51.2 Å². The Morgan fingerprint density at radius 1 is 0.215 bits per heavy atom. The Balaban J connectivity index is 0.000000160. The molecule has 0 radical (unpaired) electrons. The molecule has 16 aromatic rings. The number of benzene rings is 10. The van der Waals surface area contributed by atoms with Crippen molar-refractivity contribution >= 4 is 99.0 Å². The Morgan fingerprint density at radius 2 is 0.393 bits per heavy atom. The molecule has 512 valence electrons. The van der Waals surface area contributed by atoms with Crippen molar-refractivity contribution in [2.24, 2.45) is 0 Å². The second kappa shape index (κ2) is 28.7. The normalized spacial score (nSPS) is 12.3. The first-order valence-electron chi connectivity index (χ1n) is 33.7. The zero-order chi connectivity index (χ0) is 71.7. The SMILES string of the molecule is Brc1cnc(-c2cc(-c3ncc(Br)cn3)cc(-c3ncc(Br)cn3)c2)nc1.c1ccc2c(c1)Cc1ccccc1O2.c1ccc2c(c1)Oc1ccccc1N2c1cnc(-c2cc(-c3ncc(N4c5ccccc5Oc5ccccc54)cn3)cc(-c3ncc(N4c5ccccc5Oc5ccccc54)cn3)c2)nc1. The van der Waals surface area contributed by atoms with Crippen LogP contribution in [0.3, 0.4) is 0 Å². The van der Waals surface area contributed by atoms with E-state index in [9.17, 15) is 0 Å². The lowest BCUT2D eigenvalue weighted by molar-refractivity contribution is 0.460. The molecule has 0 atom stereocenters. The summed E-state index contributed by atoms with van der Waals surface area (Å²) in [5, 5.41) is 0.